The van der Waals surface area contributed by atoms with Gasteiger partial charge in [0, 0.05) is 0 Å². The second-order valence-corrected chi connectivity index (χ2v) is 4.40. The van der Waals surface area contributed by atoms with Crippen molar-refractivity contribution >= 4 is 11.8 Å². The maximum atomic E-state index is 11.5. The lowest BCUT2D eigenvalue weighted by Gasteiger charge is -2.28. The number of esters is 1. The first-order valence-electron chi connectivity index (χ1n) is 5.39. The molecule has 0 spiro atoms. The van der Waals surface area contributed by atoms with Crippen LogP contribution in [0.4, 0.5) is 0 Å². The molecule has 15 heavy (non-hydrogen) atoms. The van der Waals surface area contributed by atoms with Crippen molar-refractivity contribution in [1.82, 2.24) is 0 Å². The quantitative estimate of drug-likeness (QED) is 0.405. The van der Waals surface area contributed by atoms with Crippen molar-refractivity contribution < 1.29 is 14.3 Å². The average molecular weight is 210 g/mol. The van der Waals surface area contributed by atoms with E-state index in [2.05, 4.69) is 20.4 Å². The molecule has 0 aromatic heterocycles. The van der Waals surface area contributed by atoms with Crippen molar-refractivity contribution in [3.05, 3.63) is 12.7 Å². The highest BCUT2D eigenvalue weighted by Crippen LogP contribution is 2.24. The van der Waals surface area contributed by atoms with Crippen LogP contribution in [0.2, 0.25) is 0 Å². The number of Topliss-reactive ketones (excluding diaryl/α,β-unsaturated/α-hetero) is 1. The predicted molar refractivity (Wildman–Crippen MR) is 57.3 cm³/mol. The van der Waals surface area contributed by atoms with Crippen LogP contribution in [0, 0.1) is 11.8 Å². The summed E-state index contributed by atoms with van der Waals surface area (Å²) in [6, 6.07) is 0. The van der Waals surface area contributed by atoms with Crippen LogP contribution in [0.25, 0.3) is 0 Å². The third kappa shape index (κ3) is 3.18. The molecular weight excluding hydrogens is 192 g/mol. The minimum Gasteiger partial charge on any atom is -0.461 e. The Hall–Kier alpha value is -1.12. The van der Waals surface area contributed by atoms with Gasteiger partial charge < -0.3 is 4.74 Å². The zero-order valence-electron chi connectivity index (χ0n) is 9.36. The fourth-order valence-electron chi connectivity index (χ4n) is 1.77. The summed E-state index contributed by atoms with van der Waals surface area (Å²) < 4.78 is 5.18. The zero-order valence-corrected chi connectivity index (χ0v) is 9.36. The van der Waals surface area contributed by atoms with Crippen molar-refractivity contribution in [3.63, 3.8) is 0 Å². The molecule has 1 rings (SSSR count). The van der Waals surface area contributed by atoms with Gasteiger partial charge in [0.05, 0.1) is 5.92 Å². The molecule has 1 aliphatic rings. The normalized spacial score (nSPS) is 26.6. The lowest BCUT2D eigenvalue weighted by atomic mass is 9.88. The van der Waals surface area contributed by atoms with E-state index in [4.69, 9.17) is 4.74 Å². The van der Waals surface area contributed by atoms with Gasteiger partial charge in [0.15, 0.2) is 5.78 Å². The van der Waals surface area contributed by atoms with Crippen LogP contribution in [0.3, 0.4) is 0 Å². The number of hydrogen-bond donors (Lipinski definition) is 0. The second kappa shape index (κ2) is 5.10. The maximum Gasteiger partial charge on any atom is 0.313 e. The monoisotopic (exact) mass is 210 g/mol. The molecule has 0 bridgehead atoms. The number of carbonyl (C=O) groups is 2. The Morgan fingerprint density at radius 3 is 2.73 bits per heavy atom. The molecule has 1 aliphatic heterocycles. The Kier molecular flexibility index (Phi) is 4.06. The van der Waals surface area contributed by atoms with Crippen LogP contribution in [0.1, 0.15) is 33.1 Å². The van der Waals surface area contributed by atoms with E-state index < -0.39 is 5.97 Å². The Balaban J connectivity index is 2.61. The lowest BCUT2D eigenvalue weighted by molar-refractivity contribution is -0.161. The smallest absolute Gasteiger partial charge is 0.313 e. The molecule has 1 heterocycles. The second-order valence-electron chi connectivity index (χ2n) is 4.40. The summed E-state index contributed by atoms with van der Waals surface area (Å²) in [6.45, 7) is 7.84. The van der Waals surface area contributed by atoms with E-state index in [-0.39, 0.29) is 24.2 Å². The van der Waals surface area contributed by atoms with Gasteiger partial charge in [-0.2, -0.15) is 0 Å². The van der Waals surface area contributed by atoms with Gasteiger partial charge >= 0.3 is 5.97 Å². The van der Waals surface area contributed by atoms with Crippen LogP contribution >= 0.6 is 0 Å². The molecule has 84 valence electrons. The van der Waals surface area contributed by atoms with E-state index in [1.54, 1.807) is 6.08 Å². The first kappa shape index (κ1) is 12.0. The molecule has 2 atom stereocenters. The van der Waals surface area contributed by atoms with Gasteiger partial charge in [0.2, 0.25) is 0 Å². The number of cyclic esters (lactones) is 1. The van der Waals surface area contributed by atoms with Gasteiger partial charge in [-0.15, -0.1) is 6.58 Å². The lowest BCUT2D eigenvalue weighted by Crippen LogP contribution is -2.38. The molecule has 1 fully saturated rings. The first-order chi connectivity index (χ1) is 7.04. The molecule has 0 unspecified atom stereocenters. The minimum absolute atomic E-state index is 0.0602. The molecular formula is C12H18O3. The standard InChI is InChI=1S/C12H18O3/c1-4-9-10(13)7-12(14)15-11(9)6-5-8(2)3/h4,8-9,11H,1,5-7H2,2-3H3/t9-,11-/m1/s1. The topological polar surface area (TPSA) is 43.4 Å². The Bertz CT molecular complexity index is 268. The minimum atomic E-state index is -0.396. The van der Waals surface area contributed by atoms with Gasteiger partial charge in [0.1, 0.15) is 12.5 Å². The molecule has 0 N–H and O–H groups in total. The fraction of sp³-hybridized carbons (Fsp3) is 0.667. The van der Waals surface area contributed by atoms with Gasteiger partial charge in [-0.05, 0) is 18.8 Å². The van der Waals surface area contributed by atoms with Crippen LogP contribution in [-0.4, -0.2) is 17.9 Å². The number of rotatable bonds is 4. The van der Waals surface area contributed by atoms with Crippen LogP contribution in [0.15, 0.2) is 12.7 Å². The average Bonchev–Trinajstić information content (AvgIpc) is 2.13. The first-order valence-corrected chi connectivity index (χ1v) is 5.39. The van der Waals surface area contributed by atoms with Gasteiger partial charge in [-0.25, -0.2) is 0 Å². The van der Waals surface area contributed by atoms with Crippen molar-refractivity contribution in [1.29, 1.82) is 0 Å². The highest BCUT2D eigenvalue weighted by molar-refractivity contribution is 5.99. The molecule has 0 amide bonds. The summed E-state index contributed by atoms with van der Waals surface area (Å²) >= 11 is 0. The molecule has 1 saturated heterocycles. The molecule has 0 aliphatic carbocycles. The van der Waals surface area contributed by atoms with E-state index in [0.717, 1.165) is 12.8 Å². The van der Waals surface area contributed by atoms with Crippen molar-refractivity contribution in [2.45, 2.75) is 39.2 Å². The highest BCUT2D eigenvalue weighted by Gasteiger charge is 2.34. The van der Waals surface area contributed by atoms with Crippen LogP contribution in [-0.2, 0) is 14.3 Å². The maximum absolute atomic E-state index is 11.5. The number of ether oxygens (including phenoxy) is 1. The van der Waals surface area contributed by atoms with E-state index in [9.17, 15) is 9.59 Å². The Morgan fingerprint density at radius 2 is 2.20 bits per heavy atom. The Labute approximate surface area is 90.5 Å². The fourth-order valence-corrected chi connectivity index (χ4v) is 1.77. The van der Waals surface area contributed by atoms with Crippen LogP contribution in [0.5, 0.6) is 0 Å². The van der Waals surface area contributed by atoms with E-state index in [1.165, 1.54) is 0 Å². The van der Waals surface area contributed by atoms with E-state index in [0.29, 0.717) is 5.92 Å². The van der Waals surface area contributed by atoms with Crippen molar-refractivity contribution in [2.75, 3.05) is 0 Å². The SMILES string of the molecule is C=C[C@@H]1C(=O)CC(=O)O[C@@H]1CCC(C)C. The van der Waals surface area contributed by atoms with E-state index in [1.807, 2.05) is 0 Å². The van der Waals surface area contributed by atoms with Gasteiger partial charge in [-0.3, -0.25) is 9.59 Å². The molecule has 0 radical (unpaired) electrons. The molecule has 0 aromatic carbocycles. The molecule has 3 nitrogen and oxygen atoms in total. The predicted octanol–water partition coefficient (Wildman–Crippen LogP) is 2.11. The van der Waals surface area contributed by atoms with Crippen molar-refractivity contribution in [2.24, 2.45) is 11.8 Å². The highest BCUT2D eigenvalue weighted by atomic mass is 16.5. The van der Waals surface area contributed by atoms with Gasteiger partial charge in [0.25, 0.3) is 0 Å². The summed E-state index contributed by atoms with van der Waals surface area (Å²) in [5.74, 6) is -0.213. The number of carbonyl (C=O) groups excluding carboxylic acids is 2. The molecule has 0 aromatic rings. The number of ketones is 1. The molecule has 3 heteroatoms. The summed E-state index contributed by atoms with van der Waals surface area (Å²) in [5.41, 5.74) is 0. The third-order valence-corrected chi connectivity index (χ3v) is 2.66. The Morgan fingerprint density at radius 1 is 1.53 bits per heavy atom. The van der Waals surface area contributed by atoms with Gasteiger partial charge in [-0.1, -0.05) is 19.9 Å². The largest absolute Gasteiger partial charge is 0.461 e. The van der Waals surface area contributed by atoms with Crippen LogP contribution < -0.4 is 0 Å². The van der Waals surface area contributed by atoms with E-state index >= 15 is 0 Å². The summed E-state index contributed by atoms with van der Waals surface area (Å²) in [7, 11) is 0. The summed E-state index contributed by atoms with van der Waals surface area (Å²) in [5, 5.41) is 0. The van der Waals surface area contributed by atoms with Crippen molar-refractivity contribution in [3.8, 4) is 0 Å². The molecule has 0 saturated carbocycles. The summed E-state index contributed by atoms with van der Waals surface area (Å²) in [6.07, 6.45) is 2.90. The summed E-state index contributed by atoms with van der Waals surface area (Å²) in [4.78, 5) is 22.6. The zero-order chi connectivity index (χ0) is 11.4. The number of hydrogen-bond acceptors (Lipinski definition) is 3. The third-order valence-electron chi connectivity index (χ3n) is 2.66.